The number of Topliss-reactive ketones (excluding diaryl/α,β-unsaturated/α-hetero) is 1. The average Bonchev–Trinajstić information content (AvgIpc) is 4.29. The Morgan fingerprint density at radius 2 is 1.10 bits per heavy atom. The summed E-state index contributed by atoms with van der Waals surface area (Å²) in [6, 6.07) is 29.6. The van der Waals surface area contributed by atoms with Crippen molar-refractivity contribution in [3.05, 3.63) is 121 Å². The molecule has 0 radical (unpaired) electrons. The van der Waals surface area contributed by atoms with Crippen molar-refractivity contribution >= 4 is 17.7 Å². The van der Waals surface area contributed by atoms with E-state index in [0.717, 1.165) is 41.9 Å². The smallest absolute Gasteiger partial charge is 0.309 e. The second kappa shape index (κ2) is 26.2. The lowest BCUT2D eigenvalue weighted by Gasteiger charge is -2.03. The average molecular weight is 847 g/mol. The second-order valence-electron chi connectivity index (χ2n) is 15.9. The summed E-state index contributed by atoms with van der Waals surface area (Å²) in [6.07, 6.45) is 8.56. The Bertz CT molecular complexity index is 2040. The van der Waals surface area contributed by atoms with Crippen molar-refractivity contribution in [2.75, 3.05) is 13.2 Å². The zero-order valence-corrected chi connectivity index (χ0v) is 39.6. The number of hydrogen-bond acceptors (Lipinski definition) is 7. The molecular weight excluding hydrogens is 773 g/mol. The number of rotatable bonds is 10. The maximum Gasteiger partial charge on any atom is 0.309 e. The van der Waals surface area contributed by atoms with Gasteiger partial charge in [-0.2, -0.15) is 0 Å². The molecule has 0 saturated heterocycles. The second-order valence-corrected chi connectivity index (χ2v) is 15.9. The fourth-order valence-corrected chi connectivity index (χ4v) is 6.75. The molecule has 8 atom stereocenters. The molecule has 0 bridgehead atoms. The first-order chi connectivity index (χ1) is 30.0. The third-order valence-electron chi connectivity index (χ3n) is 11.1. The largest absolute Gasteiger partial charge is 0.466 e. The molecule has 9 nitrogen and oxygen atoms in total. The quantitative estimate of drug-likeness (QED) is 0.110. The van der Waals surface area contributed by atoms with Gasteiger partial charge in [0.25, 0.3) is 0 Å². The number of H-pyrrole nitrogens is 1. The Kier molecular flexibility index (Phi) is 21.6. The van der Waals surface area contributed by atoms with Crippen molar-refractivity contribution in [2.24, 2.45) is 42.6 Å². The van der Waals surface area contributed by atoms with Gasteiger partial charge in [-0.25, -0.2) is 9.97 Å². The van der Waals surface area contributed by atoms with E-state index in [-0.39, 0.29) is 36.2 Å². The number of aromatic nitrogens is 4. The molecule has 3 aromatic carbocycles. The number of carbonyl (C=O) groups excluding carboxylic acids is 3. The molecule has 4 fully saturated rings. The first-order valence-electron chi connectivity index (χ1n) is 23.1. The van der Waals surface area contributed by atoms with Gasteiger partial charge in [0.2, 0.25) is 0 Å². The lowest BCUT2D eigenvalue weighted by molar-refractivity contribution is -0.145. The number of aromatic amines is 1. The SMILES string of the molecule is CC.CC.CC.CC1CC1C(=O)OCC(=O)c1ccccc1.CC1CC1c1nc(-c2ccccc2)cn1C.CC1CC1c1ncc(-c2ccccc2)[nH]1.CCOC(=O)C1CC1C. The topological polar surface area (TPSA) is 116 Å². The minimum Gasteiger partial charge on any atom is -0.466 e. The molecular formula is C53H74N4O5. The van der Waals surface area contributed by atoms with Gasteiger partial charge in [-0.1, -0.05) is 160 Å². The maximum absolute atomic E-state index is 11.6. The third kappa shape index (κ3) is 15.9. The third-order valence-corrected chi connectivity index (χ3v) is 11.1. The monoisotopic (exact) mass is 847 g/mol. The zero-order chi connectivity index (χ0) is 45.8. The summed E-state index contributed by atoms with van der Waals surface area (Å²) in [5.41, 5.74) is 5.23. The van der Waals surface area contributed by atoms with Crippen molar-refractivity contribution in [3.63, 3.8) is 0 Å². The molecule has 336 valence electrons. The van der Waals surface area contributed by atoms with Crippen molar-refractivity contribution in [3.8, 4) is 22.5 Å². The molecule has 5 aromatic rings. The van der Waals surface area contributed by atoms with Gasteiger partial charge < -0.3 is 19.0 Å². The first-order valence-corrected chi connectivity index (χ1v) is 23.1. The predicted molar refractivity (Wildman–Crippen MR) is 253 cm³/mol. The van der Waals surface area contributed by atoms with Gasteiger partial charge in [-0.3, -0.25) is 14.4 Å². The van der Waals surface area contributed by atoms with Gasteiger partial charge in [0, 0.05) is 36.2 Å². The van der Waals surface area contributed by atoms with E-state index in [4.69, 9.17) is 14.5 Å². The fraction of sp³-hybridized carbons (Fsp3) is 0.491. The van der Waals surface area contributed by atoms with Crippen LogP contribution >= 0.6 is 0 Å². The van der Waals surface area contributed by atoms with Gasteiger partial charge in [0.15, 0.2) is 12.4 Å². The Balaban J connectivity index is 0.000000215. The van der Waals surface area contributed by atoms with Crippen LogP contribution in [0.3, 0.4) is 0 Å². The Labute approximate surface area is 372 Å². The summed E-state index contributed by atoms with van der Waals surface area (Å²) in [6.45, 7) is 22.8. The number of carbonyl (C=O) groups is 3. The van der Waals surface area contributed by atoms with Gasteiger partial charge in [0.1, 0.15) is 11.6 Å². The highest BCUT2D eigenvalue weighted by atomic mass is 16.5. The molecule has 0 spiro atoms. The van der Waals surface area contributed by atoms with Crippen LogP contribution in [0.15, 0.2) is 103 Å². The summed E-state index contributed by atoms with van der Waals surface area (Å²) in [5, 5.41) is 0. The number of benzene rings is 3. The Hall–Kier alpha value is -5.31. The summed E-state index contributed by atoms with van der Waals surface area (Å²) in [5.74, 6) is 6.20. The number of ketones is 1. The summed E-state index contributed by atoms with van der Waals surface area (Å²) in [7, 11) is 2.10. The van der Waals surface area contributed by atoms with Gasteiger partial charge in [0.05, 0.1) is 36.0 Å². The van der Waals surface area contributed by atoms with Crippen LogP contribution in [-0.4, -0.2) is 50.5 Å². The number of hydrogen-bond donors (Lipinski definition) is 1. The van der Waals surface area contributed by atoms with E-state index in [2.05, 4.69) is 97.1 Å². The molecule has 0 amide bonds. The van der Waals surface area contributed by atoms with Crippen molar-refractivity contribution in [1.29, 1.82) is 0 Å². The number of imidazole rings is 2. The fourth-order valence-electron chi connectivity index (χ4n) is 6.75. The predicted octanol–water partition coefficient (Wildman–Crippen LogP) is 12.8. The van der Waals surface area contributed by atoms with Crippen LogP contribution in [0.25, 0.3) is 22.5 Å². The van der Waals surface area contributed by atoms with Gasteiger partial charge in [-0.15, -0.1) is 0 Å². The van der Waals surface area contributed by atoms with E-state index in [0.29, 0.717) is 35.8 Å². The molecule has 0 aliphatic heterocycles. The number of esters is 2. The highest BCUT2D eigenvalue weighted by Crippen LogP contribution is 2.47. The Morgan fingerprint density at radius 3 is 1.55 bits per heavy atom. The van der Waals surface area contributed by atoms with Crippen LogP contribution in [0.1, 0.15) is 136 Å². The van der Waals surface area contributed by atoms with Crippen LogP contribution in [0.4, 0.5) is 0 Å². The molecule has 8 unspecified atom stereocenters. The molecule has 4 saturated carbocycles. The molecule has 2 aromatic heterocycles. The van der Waals surface area contributed by atoms with E-state index < -0.39 is 0 Å². The molecule has 4 aliphatic rings. The van der Waals surface area contributed by atoms with Crippen LogP contribution in [0.5, 0.6) is 0 Å². The first kappa shape index (κ1) is 51.0. The highest BCUT2D eigenvalue weighted by Gasteiger charge is 2.41. The lowest BCUT2D eigenvalue weighted by atomic mass is 10.1. The standard InChI is InChI=1S/C14H16N2.C13H14N2.C13H14O3.C7H12O2.3C2H6/c1-10-8-12(10)14-15-13(9-16(14)2)11-6-4-3-5-7-11;1-9-7-11(9)13-14-8-12(15-13)10-5-3-2-4-6-10;1-9-7-11(9)13(15)16-8-12(14)10-5-3-2-4-6-10;1-3-9-7(8)6-4-5(6)2;3*1-2/h3-7,9-10,12H,8H2,1-2H3;2-6,8-9,11H,7H2,1H3,(H,14,15);2-6,9,11H,7-8H2,1H3;5-6H,3-4H2,1-2H3;3*1-2H3. The van der Waals surface area contributed by atoms with Gasteiger partial charge >= 0.3 is 11.9 Å². The molecule has 9 heteroatoms. The van der Waals surface area contributed by atoms with Crippen molar-refractivity contribution < 1.29 is 23.9 Å². The van der Waals surface area contributed by atoms with E-state index in [1.165, 1.54) is 29.8 Å². The van der Waals surface area contributed by atoms with Crippen LogP contribution in [0.2, 0.25) is 0 Å². The number of ether oxygens (including phenoxy) is 2. The molecule has 1 N–H and O–H groups in total. The number of aryl methyl sites for hydroxylation is 1. The highest BCUT2D eigenvalue weighted by molar-refractivity contribution is 5.98. The van der Waals surface area contributed by atoms with E-state index in [9.17, 15) is 14.4 Å². The van der Waals surface area contributed by atoms with E-state index in [1.54, 1.807) is 24.3 Å². The summed E-state index contributed by atoms with van der Waals surface area (Å²) < 4.78 is 11.9. The molecule has 9 rings (SSSR count). The Morgan fingerprint density at radius 1 is 0.645 bits per heavy atom. The zero-order valence-electron chi connectivity index (χ0n) is 39.6. The molecule has 62 heavy (non-hydrogen) atoms. The molecule has 2 heterocycles. The summed E-state index contributed by atoms with van der Waals surface area (Å²) >= 11 is 0. The number of nitrogens with zero attached hydrogens (tertiary/aromatic N) is 3. The molecule has 4 aliphatic carbocycles. The van der Waals surface area contributed by atoms with Gasteiger partial charge in [-0.05, 0) is 61.8 Å². The minimum absolute atomic E-state index is 0.00926. The maximum atomic E-state index is 11.6. The van der Waals surface area contributed by atoms with E-state index >= 15 is 0 Å². The van der Waals surface area contributed by atoms with Crippen LogP contribution in [0, 0.1) is 35.5 Å². The van der Waals surface area contributed by atoms with Crippen LogP contribution in [-0.2, 0) is 26.1 Å². The van der Waals surface area contributed by atoms with Crippen molar-refractivity contribution in [1.82, 2.24) is 19.5 Å². The minimum atomic E-state index is -0.239. The van der Waals surface area contributed by atoms with Crippen LogP contribution < -0.4 is 0 Å². The normalized spacial score (nSPS) is 22.6. The lowest BCUT2D eigenvalue weighted by Crippen LogP contribution is -2.15. The van der Waals surface area contributed by atoms with Crippen molar-refractivity contribution in [2.45, 2.75) is 114 Å². The number of nitrogens with one attached hydrogen (secondary N) is 1. The summed E-state index contributed by atoms with van der Waals surface area (Å²) in [4.78, 5) is 46.4. The van der Waals surface area contributed by atoms with E-state index in [1.807, 2.05) is 79.8 Å².